The van der Waals surface area contributed by atoms with Crippen LogP contribution in [-0.2, 0) is 24.2 Å². The molecule has 0 spiro atoms. The third-order valence-corrected chi connectivity index (χ3v) is 6.56. The summed E-state index contributed by atoms with van der Waals surface area (Å²) in [6.07, 6.45) is -0.0281. The molecule has 2 unspecified atom stereocenters. The van der Waals surface area contributed by atoms with E-state index in [9.17, 15) is 18.0 Å². The number of β-lactam (4-membered cyclic amide) rings is 1. The molecule has 0 aromatic heterocycles. The number of ether oxygens (including phenoxy) is 1. The van der Waals surface area contributed by atoms with Crippen molar-refractivity contribution in [2.24, 2.45) is 5.92 Å². The number of sulfone groups is 1. The van der Waals surface area contributed by atoms with E-state index in [0.29, 0.717) is 0 Å². The molecule has 6 nitrogen and oxygen atoms in total. The smallest absolute Gasteiger partial charge is 0.330 e. The van der Waals surface area contributed by atoms with E-state index in [1.54, 1.807) is 0 Å². The van der Waals surface area contributed by atoms with Gasteiger partial charge in [0.25, 0.3) is 0 Å². The minimum Gasteiger partial charge on any atom is -0.464 e. The molecule has 0 saturated carbocycles. The summed E-state index contributed by atoms with van der Waals surface area (Å²) in [6.45, 7) is 6.96. The second-order valence-electron chi connectivity index (χ2n) is 6.03. The number of amides is 1. The lowest BCUT2D eigenvalue weighted by Crippen LogP contribution is -2.57. The van der Waals surface area contributed by atoms with Gasteiger partial charge in [0.1, 0.15) is 11.4 Å². The lowest BCUT2D eigenvalue weighted by Gasteiger charge is -2.36. The van der Waals surface area contributed by atoms with Crippen molar-refractivity contribution in [3.63, 3.8) is 0 Å². The molecule has 0 aromatic carbocycles. The van der Waals surface area contributed by atoms with Crippen LogP contribution in [0.5, 0.6) is 0 Å². The minimum absolute atomic E-state index is 0.0281. The van der Waals surface area contributed by atoms with Crippen LogP contribution in [0.2, 0.25) is 0 Å². The Morgan fingerprint density at radius 1 is 1.47 bits per heavy atom. The van der Waals surface area contributed by atoms with Gasteiger partial charge < -0.3 is 9.64 Å². The Bertz CT molecular complexity index is 522. The molecular weight excluding hydrogens is 270 g/mol. The van der Waals surface area contributed by atoms with Gasteiger partial charge in [-0.05, 0) is 19.8 Å². The number of carbonyl (C=O) groups excluding carboxylic acids is 2. The molecule has 2 rings (SSSR count). The zero-order valence-corrected chi connectivity index (χ0v) is 12.4. The predicted molar refractivity (Wildman–Crippen MR) is 67.8 cm³/mol. The Kier molecular flexibility index (Phi) is 3.16. The minimum atomic E-state index is -3.53. The first-order chi connectivity index (χ1) is 8.60. The summed E-state index contributed by atoms with van der Waals surface area (Å²) in [4.78, 5) is 24.9. The van der Waals surface area contributed by atoms with Crippen molar-refractivity contribution < 1.29 is 22.7 Å². The molecule has 2 saturated heterocycles. The van der Waals surface area contributed by atoms with Gasteiger partial charge in [-0.3, -0.25) is 4.79 Å². The second kappa shape index (κ2) is 4.19. The lowest BCUT2D eigenvalue weighted by molar-refractivity contribution is -0.162. The van der Waals surface area contributed by atoms with Crippen molar-refractivity contribution in [1.82, 2.24) is 4.90 Å². The maximum absolute atomic E-state index is 12.3. The van der Waals surface area contributed by atoms with Crippen LogP contribution in [0.1, 0.15) is 34.1 Å². The summed E-state index contributed by atoms with van der Waals surface area (Å²) >= 11 is 0. The average Bonchev–Trinajstić information content (AvgIpc) is 2.40. The predicted octanol–water partition coefficient (Wildman–Crippen LogP) is 0.320. The lowest BCUT2D eigenvalue weighted by atomic mass is 9.98. The van der Waals surface area contributed by atoms with Gasteiger partial charge in [0.15, 0.2) is 9.84 Å². The fourth-order valence-electron chi connectivity index (χ4n) is 2.54. The van der Waals surface area contributed by atoms with Crippen LogP contribution in [-0.4, -0.2) is 48.0 Å². The SMILES string of the molecule is CC(C)COC(=O)C1N2C(=O)CC2S(=O)(=O)C1(C)C. The van der Waals surface area contributed by atoms with Crippen molar-refractivity contribution in [2.45, 2.75) is 50.3 Å². The Labute approximate surface area is 113 Å². The highest BCUT2D eigenvalue weighted by Gasteiger charge is 2.68. The number of nitrogens with zero attached hydrogens (tertiary/aromatic N) is 1. The number of esters is 1. The molecule has 1 amide bonds. The molecule has 2 aliphatic rings. The van der Waals surface area contributed by atoms with E-state index >= 15 is 0 Å². The first-order valence-electron chi connectivity index (χ1n) is 6.32. The molecule has 2 aliphatic heterocycles. The Morgan fingerprint density at radius 3 is 2.53 bits per heavy atom. The number of carbonyl (C=O) groups is 2. The van der Waals surface area contributed by atoms with Gasteiger partial charge in [0.05, 0.1) is 17.8 Å². The molecule has 19 heavy (non-hydrogen) atoms. The van der Waals surface area contributed by atoms with E-state index in [0.717, 1.165) is 4.90 Å². The van der Waals surface area contributed by atoms with E-state index in [-0.39, 0.29) is 24.9 Å². The van der Waals surface area contributed by atoms with E-state index in [4.69, 9.17) is 4.74 Å². The van der Waals surface area contributed by atoms with Crippen LogP contribution in [0, 0.1) is 5.92 Å². The second-order valence-corrected chi connectivity index (χ2v) is 8.72. The quantitative estimate of drug-likeness (QED) is 0.552. The van der Waals surface area contributed by atoms with Gasteiger partial charge in [-0.15, -0.1) is 0 Å². The van der Waals surface area contributed by atoms with Gasteiger partial charge in [0.2, 0.25) is 5.91 Å². The molecule has 0 N–H and O–H groups in total. The van der Waals surface area contributed by atoms with Crippen LogP contribution in [0.3, 0.4) is 0 Å². The van der Waals surface area contributed by atoms with E-state index in [1.807, 2.05) is 13.8 Å². The number of fused-ring (bicyclic) bond motifs is 1. The summed E-state index contributed by atoms with van der Waals surface area (Å²) in [6, 6.07) is -1.03. The molecule has 2 atom stereocenters. The summed E-state index contributed by atoms with van der Waals surface area (Å²) in [5.41, 5.74) is 0. The van der Waals surface area contributed by atoms with Crippen LogP contribution in [0.25, 0.3) is 0 Å². The Morgan fingerprint density at radius 2 is 2.05 bits per heavy atom. The van der Waals surface area contributed by atoms with Gasteiger partial charge in [-0.1, -0.05) is 13.8 Å². The molecule has 108 valence electrons. The molecule has 0 aromatic rings. The molecule has 0 bridgehead atoms. The topological polar surface area (TPSA) is 80.8 Å². The van der Waals surface area contributed by atoms with Crippen LogP contribution < -0.4 is 0 Å². The standard InChI is InChI=1S/C12H19NO5S/c1-7(2)6-18-11(15)10-12(3,4)19(16,17)9-5-8(14)13(9)10/h7,9-10H,5-6H2,1-4H3. The first kappa shape index (κ1) is 14.3. The summed E-state index contributed by atoms with van der Waals surface area (Å²) in [5, 5.41) is -0.855. The van der Waals surface area contributed by atoms with E-state index in [1.165, 1.54) is 13.8 Å². The van der Waals surface area contributed by atoms with Gasteiger partial charge >= 0.3 is 5.97 Å². The average molecular weight is 289 g/mol. The highest BCUT2D eigenvalue weighted by Crippen LogP contribution is 2.45. The molecular formula is C12H19NO5S. The van der Waals surface area contributed by atoms with Crippen LogP contribution in [0.15, 0.2) is 0 Å². The van der Waals surface area contributed by atoms with Crippen molar-refractivity contribution in [3.8, 4) is 0 Å². The number of hydrogen-bond acceptors (Lipinski definition) is 5. The zero-order valence-electron chi connectivity index (χ0n) is 11.5. The third kappa shape index (κ3) is 1.86. The summed E-state index contributed by atoms with van der Waals surface area (Å²) < 4.78 is 28.4. The number of hydrogen-bond donors (Lipinski definition) is 0. The monoisotopic (exact) mass is 289 g/mol. The molecule has 0 aliphatic carbocycles. The molecule has 2 fully saturated rings. The molecule has 7 heteroatoms. The van der Waals surface area contributed by atoms with Crippen molar-refractivity contribution in [3.05, 3.63) is 0 Å². The summed E-state index contributed by atoms with van der Waals surface area (Å²) in [7, 11) is -3.53. The summed E-state index contributed by atoms with van der Waals surface area (Å²) in [5.74, 6) is -0.767. The van der Waals surface area contributed by atoms with E-state index in [2.05, 4.69) is 0 Å². The normalized spacial score (nSPS) is 31.0. The fourth-order valence-corrected chi connectivity index (χ4v) is 4.66. The Balaban J connectivity index is 2.28. The van der Waals surface area contributed by atoms with Gasteiger partial charge in [-0.2, -0.15) is 0 Å². The van der Waals surface area contributed by atoms with Crippen LogP contribution in [0.4, 0.5) is 0 Å². The third-order valence-electron chi connectivity index (χ3n) is 3.76. The van der Waals surface area contributed by atoms with Crippen LogP contribution >= 0.6 is 0 Å². The largest absolute Gasteiger partial charge is 0.464 e. The number of rotatable bonds is 3. The highest BCUT2D eigenvalue weighted by molar-refractivity contribution is 7.93. The van der Waals surface area contributed by atoms with Gasteiger partial charge in [-0.25, -0.2) is 13.2 Å². The van der Waals surface area contributed by atoms with Crippen molar-refractivity contribution in [1.29, 1.82) is 0 Å². The first-order valence-corrected chi connectivity index (χ1v) is 7.86. The maximum Gasteiger partial charge on any atom is 0.330 e. The molecule has 0 radical (unpaired) electrons. The maximum atomic E-state index is 12.3. The van der Waals surface area contributed by atoms with Gasteiger partial charge in [0, 0.05) is 0 Å². The zero-order chi connectivity index (χ0) is 14.6. The Hall–Kier alpha value is -1.11. The fraction of sp³-hybridized carbons (Fsp3) is 0.833. The molecule has 2 heterocycles. The van der Waals surface area contributed by atoms with E-state index < -0.39 is 32.0 Å². The van der Waals surface area contributed by atoms with Crippen molar-refractivity contribution in [2.75, 3.05) is 6.61 Å². The highest BCUT2D eigenvalue weighted by atomic mass is 32.2. The van der Waals surface area contributed by atoms with Crippen molar-refractivity contribution >= 4 is 21.7 Å².